The van der Waals surface area contributed by atoms with E-state index in [2.05, 4.69) is 33.6 Å². The normalized spacial score (nSPS) is 23.9. The first kappa shape index (κ1) is 10.4. The summed E-state index contributed by atoms with van der Waals surface area (Å²) in [5.74, 6) is 0. The highest BCUT2D eigenvalue weighted by Crippen LogP contribution is 2.09. The van der Waals surface area contributed by atoms with Gasteiger partial charge >= 0.3 is 0 Å². The molecule has 0 radical (unpaired) electrons. The van der Waals surface area contributed by atoms with Crippen LogP contribution < -0.4 is 0 Å². The van der Waals surface area contributed by atoms with E-state index in [0.29, 0.717) is 0 Å². The number of nitrogens with zero attached hydrogens (tertiary/aromatic N) is 4. The molecule has 2 unspecified atom stereocenters. The van der Waals surface area contributed by atoms with Gasteiger partial charge in [-0.15, -0.1) is 0 Å². The Bertz CT molecular complexity index is 240. The summed E-state index contributed by atoms with van der Waals surface area (Å²) < 4.78 is 5.89. The van der Waals surface area contributed by atoms with Crippen LogP contribution in [-0.4, -0.2) is 61.1 Å². The summed E-state index contributed by atoms with van der Waals surface area (Å²) in [7, 11) is 0. The van der Waals surface area contributed by atoms with Crippen LogP contribution in [0.5, 0.6) is 0 Å². The summed E-state index contributed by atoms with van der Waals surface area (Å²) in [6.45, 7) is 7.80. The fourth-order valence-electron chi connectivity index (χ4n) is 1.78. The number of hydrogen-bond acceptors (Lipinski definition) is 5. The summed E-state index contributed by atoms with van der Waals surface area (Å²) in [6.07, 6.45) is 3.91. The smallest absolute Gasteiger partial charge is 0.130 e. The van der Waals surface area contributed by atoms with Crippen LogP contribution in [0.4, 0.5) is 0 Å². The fourth-order valence-corrected chi connectivity index (χ4v) is 1.78. The van der Waals surface area contributed by atoms with Gasteiger partial charge in [-0.3, -0.25) is 9.98 Å². The molecule has 0 bridgehead atoms. The van der Waals surface area contributed by atoms with Gasteiger partial charge in [0.1, 0.15) is 12.5 Å². The lowest BCUT2D eigenvalue weighted by atomic mass is 10.5. The number of ether oxygens (including phenoxy) is 1. The van der Waals surface area contributed by atoms with Crippen LogP contribution in [0.3, 0.4) is 0 Å². The van der Waals surface area contributed by atoms with Crippen LogP contribution in [0, 0.1) is 0 Å². The minimum atomic E-state index is 0.0836. The minimum absolute atomic E-state index is 0.0836. The SMILES string of the molecule is CC(OC(C)N1C=NCC1)N1C=NCC1. The van der Waals surface area contributed by atoms with Crippen molar-refractivity contribution in [3.05, 3.63) is 0 Å². The lowest BCUT2D eigenvalue weighted by molar-refractivity contribution is -0.0943. The van der Waals surface area contributed by atoms with Crippen LogP contribution in [0.25, 0.3) is 0 Å². The lowest BCUT2D eigenvalue weighted by Gasteiger charge is -2.30. The Labute approximate surface area is 90.4 Å². The van der Waals surface area contributed by atoms with Crippen molar-refractivity contribution in [3.8, 4) is 0 Å². The predicted molar refractivity (Wildman–Crippen MR) is 60.1 cm³/mol. The molecule has 0 aromatic rings. The Balaban J connectivity index is 1.79. The van der Waals surface area contributed by atoms with E-state index in [1.54, 1.807) is 0 Å². The first-order valence-corrected chi connectivity index (χ1v) is 5.44. The van der Waals surface area contributed by atoms with E-state index in [1.807, 2.05) is 12.7 Å². The maximum atomic E-state index is 5.89. The molecular formula is C10H18N4O. The molecule has 0 spiro atoms. The van der Waals surface area contributed by atoms with Gasteiger partial charge in [-0.05, 0) is 13.8 Å². The molecule has 84 valence electrons. The minimum Gasteiger partial charge on any atom is -0.336 e. The Morgan fingerprint density at radius 3 is 1.80 bits per heavy atom. The van der Waals surface area contributed by atoms with Crippen molar-refractivity contribution in [3.63, 3.8) is 0 Å². The molecule has 0 fully saturated rings. The zero-order valence-electron chi connectivity index (χ0n) is 9.33. The van der Waals surface area contributed by atoms with Crippen molar-refractivity contribution < 1.29 is 4.74 Å². The average Bonchev–Trinajstić information content (AvgIpc) is 2.91. The van der Waals surface area contributed by atoms with Gasteiger partial charge in [0.25, 0.3) is 0 Å². The van der Waals surface area contributed by atoms with Crippen LogP contribution in [0.1, 0.15) is 13.8 Å². The summed E-state index contributed by atoms with van der Waals surface area (Å²) in [4.78, 5) is 12.6. The molecule has 2 atom stereocenters. The second kappa shape index (κ2) is 4.61. The van der Waals surface area contributed by atoms with Gasteiger partial charge in [-0.2, -0.15) is 0 Å². The van der Waals surface area contributed by atoms with Crippen LogP contribution in [-0.2, 0) is 4.74 Å². The van der Waals surface area contributed by atoms with E-state index in [0.717, 1.165) is 26.2 Å². The van der Waals surface area contributed by atoms with Gasteiger partial charge < -0.3 is 14.5 Å². The third-order valence-electron chi connectivity index (χ3n) is 2.76. The van der Waals surface area contributed by atoms with E-state index >= 15 is 0 Å². The van der Waals surface area contributed by atoms with Gasteiger partial charge in [-0.25, -0.2) is 0 Å². The topological polar surface area (TPSA) is 40.4 Å². The van der Waals surface area contributed by atoms with Gasteiger partial charge in [-0.1, -0.05) is 0 Å². The van der Waals surface area contributed by atoms with Crippen molar-refractivity contribution in [2.45, 2.75) is 26.3 Å². The van der Waals surface area contributed by atoms with Crippen molar-refractivity contribution >= 4 is 12.7 Å². The first-order chi connectivity index (χ1) is 7.27. The molecule has 0 saturated carbocycles. The standard InChI is InChI=1S/C10H18N4O/c1-9(13-5-3-11-7-13)15-10(2)14-6-4-12-8-14/h7-10H,3-6H2,1-2H3. The summed E-state index contributed by atoms with van der Waals surface area (Å²) in [6, 6.07) is 0. The van der Waals surface area contributed by atoms with Gasteiger partial charge in [0.05, 0.1) is 25.8 Å². The summed E-state index contributed by atoms with van der Waals surface area (Å²) >= 11 is 0. The lowest BCUT2D eigenvalue weighted by Crippen LogP contribution is -2.41. The number of aliphatic imine (C=N–C) groups is 2. The third kappa shape index (κ3) is 2.47. The molecule has 0 aliphatic carbocycles. The molecule has 0 aromatic carbocycles. The van der Waals surface area contributed by atoms with E-state index in [4.69, 9.17) is 4.74 Å². The highest BCUT2D eigenvalue weighted by Gasteiger charge is 2.20. The van der Waals surface area contributed by atoms with Crippen molar-refractivity contribution in [2.75, 3.05) is 26.2 Å². The maximum absolute atomic E-state index is 5.89. The van der Waals surface area contributed by atoms with Crippen molar-refractivity contribution in [1.29, 1.82) is 0 Å². The zero-order valence-corrected chi connectivity index (χ0v) is 9.33. The molecular weight excluding hydrogens is 192 g/mol. The van der Waals surface area contributed by atoms with Crippen LogP contribution in [0.15, 0.2) is 9.98 Å². The van der Waals surface area contributed by atoms with E-state index in [-0.39, 0.29) is 12.5 Å². The van der Waals surface area contributed by atoms with Crippen LogP contribution in [0.2, 0.25) is 0 Å². The Kier molecular flexibility index (Phi) is 3.20. The van der Waals surface area contributed by atoms with Gasteiger partial charge in [0.2, 0.25) is 0 Å². The molecule has 2 aliphatic heterocycles. The van der Waals surface area contributed by atoms with Crippen LogP contribution >= 0.6 is 0 Å². The fraction of sp³-hybridized carbons (Fsp3) is 0.800. The molecule has 2 heterocycles. The van der Waals surface area contributed by atoms with Crippen molar-refractivity contribution in [2.24, 2.45) is 9.98 Å². The molecule has 15 heavy (non-hydrogen) atoms. The second-order valence-electron chi connectivity index (χ2n) is 3.85. The van der Waals surface area contributed by atoms with Gasteiger partial charge in [0, 0.05) is 13.1 Å². The Hall–Kier alpha value is -1.10. The number of hydrogen-bond donors (Lipinski definition) is 0. The molecule has 5 heteroatoms. The highest BCUT2D eigenvalue weighted by atomic mass is 16.5. The maximum Gasteiger partial charge on any atom is 0.130 e. The van der Waals surface area contributed by atoms with E-state index in [1.165, 1.54) is 0 Å². The summed E-state index contributed by atoms with van der Waals surface area (Å²) in [5.41, 5.74) is 0. The molecule has 2 aliphatic rings. The largest absolute Gasteiger partial charge is 0.336 e. The van der Waals surface area contributed by atoms with E-state index < -0.39 is 0 Å². The van der Waals surface area contributed by atoms with Crippen molar-refractivity contribution in [1.82, 2.24) is 9.80 Å². The number of rotatable bonds is 4. The van der Waals surface area contributed by atoms with Gasteiger partial charge in [0.15, 0.2) is 0 Å². The predicted octanol–water partition coefficient (Wildman–Crippen LogP) is 0.383. The molecule has 5 nitrogen and oxygen atoms in total. The third-order valence-corrected chi connectivity index (χ3v) is 2.76. The molecule has 0 N–H and O–H groups in total. The second-order valence-corrected chi connectivity index (χ2v) is 3.85. The highest BCUT2D eigenvalue weighted by molar-refractivity contribution is 5.58. The molecule has 0 saturated heterocycles. The Morgan fingerprint density at radius 1 is 1.00 bits per heavy atom. The van der Waals surface area contributed by atoms with E-state index in [9.17, 15) is 0 Å². The molecule has 0 amide bonds. The quantitative estimate of drug-likeness (QED) is 0.673. The Morgan fingerprint density at radius 2 is 1.47 bits per heavy atom. The zero-order chi connectivity index (χ0) is 10.7. The monoisotopic (exact) mass is 210 g/mol. The molecule has 0 aromatic heterocycles. The summed E-state index contributed by atoms with van der Waals surface area (Å²) in [5, 5.41) is 0. The first-order valence-electron chi connectivity index (χ1n) is 5.44. The average molecular weight is 210 g/mol. The molecule has 2 rings (SSSR count).